The quantitative estimate of drug-likeness (QED) is 0.790. The molecule has 1 aliphatic heterocycles. The number of amides is 1. The number of piperidine rings is 1. The van der Waals surface area contributed by atoms with Crippen molar-refractivity contribution in [2.45, 2.75) is 18.9 Å². The van der Waals surface area contributed by atoms with Crippen LogP contribution in [0.5, 0.6) is 0 Å². The van der Waals surface area contributed by atoms with E-state index < -0.39 is 0 Å². The number of rotatable bonds is 1. The van der Waals surface area contributed by atoms with E-state index in [1.807, 2.05) is 23.1 Å². The van der Waals surface area contributed by atoms with Crippen LogP contribution in [0.3, 0.4) is 0 Å². The van der Waals surface area contributed by atoms with Crippen LogP contribution in [0, 0.1) is 0 Å². The Bertz CT molecular complexity index is 442. The van der Waals surface area contributed by atoms with Gasteiger partial charge in [-0.1, -0.05) is 15.9 Å². The second-order valence-corrected chi connectivity index (χ2v) is 6.05. The first-order valence-electron chi connectivity index (χ1n) is 5.58. The lowest BCUT2D eigenvalue weighted by Gasteiger charge is -2.31. The van der Waals surface area contributed by atoms with Crippen LogP contribution in [-0.4, -0.2) is 29.9 Å². The molecule has 6 heteroatoms. The van der Waals surface area contributed by atoms with Gasteiger partial charge in [0.15, 0.2) is 0 Å². The molecule has 1 saturated heterocycles. The first kappa shape index (κ1) is 16.0. The number of nitrogens with two attached hydrogens (primary N) is 1. The van der Waals surface area contributed by atoms with Crippen molar-refractivity contribution in [3.8, 4) is 0 Å². The molecule has 1 heterocycles. The number of carbonyl (C=O) groups is 1. The maximum Gasteiger partial charge on any atom is 0.255 e. The van der Waals surface area contributed by atoms with Crippen LogP contribution in [0.1, 0.15) is 23.2 Å². The molecule has 0 aliphatic carbocycles. The van der Waals surface area contributed by atoms with Gasteiger partial charge in [-0.05, 0) is 47.0 Å². The van der Waals surface area contributed by atoms with Crippen LogP contribution >= 0.6 is 44.3 Å². The third-order valence-corrected chi connectivity index (χ3v) is 4.06. The van der Waals surface area contributed by atoms with E-state index in [0.717, 1.165) is 28.3 Å². The van der Waals surface area contributed by atoms with Gasteiger partial charge in [-0.2, -0.15) is 0 Å². The predicted octanol–water partition coefficient (Wildman–Crippen LogP) is 3.20. The minimum atomic E-state index is 0. The number of hydrogen-bond donors (Lipinski definition) is 1. The van der Waals surface area contributed by atoms with Crippen LogP contribution in [0.4, 0.5) is 0 Å². The zero-order valence-corrected chi connectivity index (χ0v) is 13.7. The van der Waals surface area contributed by atoms with E-state index in [1.54, 1.807) is 0 Å². The lowest BCUT2D eigenvalue weighted by atomic mass is 10.1. The Morgan fingerprint density at radius 3 is 2.72 bits per heavy atom. The minimum Gasteiger partial charge on any atom is -0.337 e. The number of likely N-dealkylation sites (tertiary alicyclic amines) is 1. The van der Waals surface area contributed by atoms with E-state index in [4.69, 9.17) is 5.73 Å². The summed E-state index contributed by atoms with van der Waals surface area (Å²) in [6, 6.07) is 5.71. The summed E-state index contributed by atoms with van der Waals surface area (Å²) in [4.78, 5) is 14.1. The van der Waals surface area contributed by atoms with Gasteiger partial charge in [-0.3, -0.25) is 4.79 Å². The number of halogens is 3. The highest BCUT2D eigenvalue weighted by Gasteiger charge is 2.23. The van der Waals surface area contributed by atoms with E-state index in [1.165, 1.54) is 0 Å². The SMILES string of the molecule is Cl.N[C@@H]1CCCN(C(=O)c2ccc(Br)cc2Br)C1. The topological polar surface area (TPSA) is 46.3 Å². The Kier molecular flexibility index (Phi) is 6.11. The second kappa shape index (κ2) is 6.89. The molecule has 1 aliphatic rings. The van der Waals surface area contributed by atoms with Crippen LogP contribution < -0.4 is 5.73 Å². The van der Waals surface area contributed by atoms with Crippen molar-refractivity contribution in [3.05, 3.63) is 32.7 Å². The smallest absolute Gasteiger partial charge is 0.255 e. The fourth-order valence-corrected chi connectivity index (χ4v) is 3.24. The van der Waals surface area contributed by atoms with Crippen molar-refractivity contribution >= 4 is 50.2 Å². The average molecular weight is 399 g/mol. The summed E-state index contributed by atoms with van der Waals surface area (Å²) in [5.41, 5.74) is 6.59. The molecule has 100 valence electrons. The molecule has 0 radical (unpaired) electrons. The standard InChI is InChI=1S/C12H14Br2N2O.ClH/c13-8-3-4-10(11(14)6-8)12(17)16-5-1-2-9(15)7-16;/h3-4,6,9H,1-2,5,7,15H2;1H/t9-;/m1./s1. The van der Waals surface area contributed by atoms with Gasteiger partial charge >= 0.3 is 0 Å². The largest absolute Gasteiger partial charge is 0.337 e. The molecular weight excluding hydrogens is 383 g/mol. The molecule has 1 fully saturated rings. The summed E-state index contributed by atoms with van der Waals surface area (Å²) in [6.45, 7) is 1.45. The van der Waals surface area contributed by atoms with Crippen LogP contribution in [-0.2, 0) is 0 Å². The molecule has 2 rings (SSSR count). The zero-order chi connectivity index (χ0) is 12.4. The predicted molar refractivity (Wildman–Crippen MR) is 82.2 cm³/mol. The first-order chi connectivity index (χ1) is 8.08. The summed E-state index contributed by atoms with van der Waals surface area (Å²) in [6.07, 6.45) is 1.99. The van der Waals surface area contributed by atoms with Gasteiger partial charge in [0.1, 0.15) is 0 Å². The van der Waals surface area contributed by atoms with E-state index in [-0.39, 0.29) is 24.4 Å². The highest BCUT2D eigenvalue weighted by Crippen LogP contribution is 2.24. The molecule has 0 saturated carbocycles. The van der Waals surface area contributed by atoms with Crippen LogP contribution in [0.15, 0.2) is 27.1 Å². The summed E-state index contributed by atoms with van der Waals surface area (Å²) < 4.78 is 1.77. The lowest BCUT2D eigenvalue weighted by molar-refractivity contribution is 0.0708. The Morgan fingerprint density at radius 2 is 2.11 bits per heavy atom. The normalized spacial score (nSPS) is 19.3. The first-order valence-corrected chi connectivity index (χ1v) is 7.16. The summed E-state index contributed by atoms with van der Waals surface area (Å²) in [5, 5.41) is 0. The maximum atomic E-state index is 12.3. The van der Waals surface area contributed by atoms with E-state index in [9.17, 15) is 4.79 Å². The third kappa shape index (κ3) is 3.70. The van der Waals surface area contributed by atoms with Crippen molar-refractivity contribution in [1.82, 2.24) is 4.90 Å². The highest BCUT2D eigenvalue weighted by molar-refractivity contribution is 9.11. The number of hydrogen-bond acceptors (Lipinski definition) is 2. The molecule has 0 aromatic heterocycles. The number of nitrogens with zero attached hydrogens (tertiary/aromatic N) is 1. The third-order valence-electron chi connectivity index (χ3n) is 2.91. The average Bonchev–Trinajstić information content (AvgIpc) is 2.28. The van der Waals surface area contributed by atoms with E-state index >= 15 is 0 Å². The van der Waals surface area contributed by atoms with E-state index in [2.05, 4.69) is 31.9 Å². The molecule has 0 unspecified atom stereocenters. The van der Waals surface area contributed by atoms with Gasteiger partial charge < -0.3 is 10.6 Å². The molecule has 18 heavy (non-hydrogen) atoms. The van der Waals surface area contributed by atoms with Crippen LogP contribution in [0.25, 0.3) is 0 Å². The summed E-state index contributed by atoms with van der Waals surface area (Å²) in [7, 11) is 0. The van der Waals surface area contributed by atoms with Crippen molar-refractivity contribution in [1.29, 1.82) is 0 Å². The van der Waals surface area contributed by atoms with Gasteiger partial charge in [0, 0.05) is 28.1 Å². The molecule has 2 N–H and O–H groups in total. The lowest BCUT2D eigenvalue weighted by Crippen LogP contribution is -2.45. The fraction of sp³-hybridized carbons (Fsp3) is 0.417. The Balaban J connectivity index is 0.00000162. The summed E-state index contributed by atoms with van der Waals surface area (Å²) in [5.74, 6) is 0.0551. The second-order valence-electron chi connectivity index (χ2n) is 4.28. The molecule has 0 bridgehead atoms. The fourth-order valence-electron chi connectivity index (χ4n) is 2.03. The Labute approximate surface area is 130 Å². The Morgan fingerprint density at radius 1 is 1.39 bits per heavy atom. The van der Waals surface area contributed by atoms with Gasteiger partial charge in [0.25, 0.3) is 5.91 Å². The molecule has 1 aromatic rings. The summed E-state index contributed by atoms with van der Waals surface area (Å²) >= 11 is 6.80. The molecule has 1 amide bonds. The van der Waals surface area contributed by atoms with Gasteiger partial charge in [0.05, 0.1) is 5.56 Å². The van der Waals surface area contributed by atoms with Crippen molar-refractivity contribution < 1.29 is 4.79 Å². The highest BCUT2D eigenvalue weighted by atomic mass is 79.9. The molecule has 3 nitrogen and oxygen atoms in total. The number of benzene rings is 1. The van der Waals surface area contributed by atoms with Crippen LogP contribution in [0.2, 0.25) is 0 Å². The van der Waals surface area contributed by atoms with Crippen molar-refractivity contribution in [2.24, 2.45) is 5.73 Å². The number of carbonyl (C=O) groups excluding carboxylic acids is 1. The zero-order valence-electron chi connectivity index (χ0n) is 9.73. The molecular formula is C12H15Br2ClN2O. The van der Waals surface area contributed by atoms with Gasteiger partial charge in [0.2, 0.25) is 0 Å². The minimum absolute atomic E-state index is 0. The van der Waals surface area contributed by atoms with Gasteiger partial charge in [-0.15, -0.1) is 12.4 Å². The maximum absolute atomic E-state index is 12.3. The van der Waals surface area contributed by atoms with Crippen molar-refractivity contribution in [3.63, 3.8) is 0 Å². The van der Waals surface area contributed by atoms with Crippen molar-refractivity contribution in [2.75, 3.05) is 13.1 Å². The van der Waals surface area contributed by atoms with E-state index in [0.29, 0.717) is 12.1 Å². The molecule has 0 spiro atoms. The molecule has 1 atom stereocenters. The Hall–Kier alpha value is -0.100. The van der Waals surface area contributed by atoms with Gasteiger partial charge in [-0.25, -0.2) is 0 Å². The monoisotopic (exact) mass is 396 g/mol. The molecule has 1 aromatic carbocycles.